The van der Waals surface area contributed by atoms with Crippen LogP contribution in [0.2, 0.25) is 0 Å². The Morgan fingerprint density at radius 3 is 3.04 bits per heavy atom. The van der Waals surface area contributed by atoms with Gasteiger partial charge in [0.1, 0.15) is 0 Å². The molecule has 7 nitrogen and oxygen atoms in total. The Hall–Kier alpha value is -1.60. The Labute approximate surface area is 145 Å². The number of methoxy groups -OCH3 is 1. The molecule has 1 aromatic heterocycles. The minimum Gasteiger partial charge on any atom is -0.382 e. The molecule has 7 heteroatoms. The van der Waals surface area contributed by atoms with Gasteiger partial charge in [0, 0.05) is 53.0 Å². The number of likely N-dealkylation sites (tertiary alicyclic amines) is 1. The Morgan fingerprint density at radius 2 is 2.33 bits per heavy atom. The predicted octanol–water partition coefficient (Wildman–Crippen LogP) is 0.913. The highest BCUT2D eigenvalue weighted by Gasteiger charge is 2.24. The Morgan fingerprint density at radius 1 is 1.46 bits per heavy atom. The van der Waals surface area contributed by atoms with Gasteiger partial charge in [-0.1, -0.05) is 0 Å². The van der Waals surface area contributed by atoms with E-state index in [1.54, 1.807) is 7.11 Å². The Kier molecular flexibility index (Phi) is 8.04. The molecule has 0 saturated carbocycles. The van der Waals surface area contributed by atoms with Crippen molar-refractivity contribution >= 4 is 5.96 Å². The van der Waals surface area contributed by atoms with Crippen molar-refractivity contribution in [2.24, 2.45) is 18.0 Å². The van der Waals surface area contributed by atoms with Crippen molar-refractivity contribution in [3.05, 3.63) is 18.0 Å². The molecule has 0 spiro atoms. The number of guanidine groups is 1. The van der Waals surface area contributed by atoms with E-state index in [1.807, 2.05) is 25.0 Å². The summed E-state index contributed by atoms with van der Waals surface area (Å²) in [5.74, 6) is 1.58. The number of ether oxygens (including phenoxy) is 2. The first kappa shape index (κ1) is 18.7. The first-order chi connectivity index (χ1) is 11.7. The number of hydrogen-bond acceptors (Lipinski definition) is 4. The molecule has 1 atom stereocenters. The lowest BCUT2D eigenvalue weighted by molar-refractivity contribution is 0.0536. The number of nitrogens with zero attached hydrogens (tertiary/aromatic N) is 4. The fourth-order valence-corrected chi connectivity index (χ4v) is 2.98. The number of aryl methyl sites for hydroxylation is 2. The summed E-state index contributed by atoms with van der Waals surface area (Å²) in [4.78, 5) is 6.74. The maximum absolute atomic E-state index is 5.65. The van der Waals surface area contributed by atoms with Gasteiger partial charge < -0.3 is 19.7 Å². The third-order valence-corrected chi connectivity index (χ3v) is 4.27. The van der Waals surface area contributed by atoms with Gasteiger partial charge >= 0.3 is 0 Å². The van der Waals surface area contributed by atoms with E-state index in [9.17, 15) is 0 Å². The molecule has 1 saturated heterocycles. The zero-order valence-corrected chi connectivity index (χ0v) is 15.2. The van der Waals surface area contributed by atoms with Crippen LogP contribution in [0.25, 0.3) is 0 Å². The standard InChI is InChI=1S/C17H31N5O2/c1-18-17(19-7-4-5-15-11-20-21(2)12-15)22-8-6-16(13-22)14-24-10-9-23-3/h11-12,16H,4-10,13-14H2,1-3H3,(H,18,19). The van der Waals surface area contributed by atoms with Gasteiger partial charge in [0.05, 0.1) is 26.0 Å². The van der Waals surface area contributed by atoms with Crippen molar-refractivity contribution in [2.75, 3.05) is 53.6 Å². The van der Waals surface area contributed by atoms with Gasteiger partial charge in [-0.2, -0.15) is 5.10 Å². The summed E-state index contributed by atoms with van der Waals surface area (Å²) in [5, 5.41) is 7.67. The molecule has 1 aromatic rings. The first-order valence-electron chi connectivity index (χ1n) is 8.72. The van der Waals surface area contributed by atoms with Crippen LogP contribution in [-0.4, -0.2) is 74.3 Å². The van der Waals surface area contributed by atoms with Crippen LogP contribution in [0, 0.1) is 5.92 Å². The SMILES string of the molecule is CN=C(NCCCc1cnn(C)c1)N1CCC(COCCOC)C1. The van der Waals surface area contributed by atoms with Gasteiger partial charge in [0.2, 0.25) is 0 Å². The van der Waals surface area contributed by atoms with Gasteiger partial charge in [-0.3, -0.25) is 9.67 Å². The normalized spacial score (nSPS) is 18.4. The molecule has 1 aliphatic heterocycles. The summed E-state index contributed by atoms with van der Waals surface area (Å²) < 4.78 is 12.5. The van der Waals surface area contributed by atoms with Crippen molar-refractivity contribution in [3.63, 3.8) is 0 Å². The van der Waals surface area contributed by atoms with Crippen LogP contribution in [0.1, 0.15) is 18.4 Å². The molecule has 0 aromatic carbocycles. The monoisotopic (exact) mass is 337 g/mol. The quantitative estimate of drug-likeness (QED) is 0.412. The molecule has 1 aliphatic rings. The van der Waals surface area contributed by atoms with E-state index < -0.39 is 0 Å². The van der Waals surface area contributed by atoms with Crippen molar-refractivity contribution in [2.45, 2.75) is 19.3 Å². The zero-order chi connectivity index (χ0) is 17.2. The molecular weight excluding hydrogens is 306 g/mol. The summed E-state index contributed by atoms with van der Waals surface area (Å²) >= 11 is 0. The Balaban J connectivity index is 1.63. The van der Waals surface area contributed by atoms with Crippen molar-refractivity contribution in [1.29, 1.82) is 0 Å². The first-order valence-corrected chi connectivity index (χ1v) is 8.72. The fourth-order valence-electron chi connectivity index (χ4n) is 2.98. The van der Waals surface area contributed by atoms with Crippen LogP contribution in [0.3, 0.4) is 0 Å². The molecular formula is C17H31N5O2. The van der Waals surface area contributed by atoms with Crippen molar-refractivity contribution in [1.82, 2.24) is 20.0 Å². The van der Waals surface area contributed by atoms with E-state index in [0.29, 0.717) is 19.1 Å². The number of aromatic nitrogens is 2. The zero-order valence-electron chi connectivity index (χ0n) is 15.2. The summed E-state index contributed by atoms with van der Waals surface area (Å²) in [6, 6.07) is 0. The van der Waals surface area contributed by atoms with Crippen LogP contribution in [0.5, 0.6) is 0 Å². The van der Waals surface area contributed by atoms with Crippen LogP contribution in [0.15, 0.2) is 17.4 Å². The van der Waals surface area contributed by atoms with E-state index in [4.69, 9.17) is 9.47 Å². The van der Waals surface area contributed by atoms with Crippen LogP contribution in [-0.2, 0) is 22.9 Å². The maximum atomic E-state index is 5.65. The number of hydrogen-bond donors (Lipinski definition) is 1. The van der Waals surface area contributed by atoms with Crippen LogP contribution < -0.4 is 5.32 Å². The van der Waals surface area contributed by atoms with Gasteiger partial charge in [-0.05, 0) is 24.8 Å². The topological polar surface area (TPSA) is 63.9 Å². The molecule has 136 valence electrons. The van der Waals surface area contributed by atoms with E-state index in [2.05, 4.69) is 26.5 Å². The second-order valence-electron chi connectivity index (χ2n) is 6.27. The smallest absolute Gasteiger partial charge is 0.193 e. The van der Waals surface area contributed by atoms with Gasteiger partial charge in [-0.15, -0.1) is 0 Å². The second-order valence-corrected chi connectivity index (χ2v) is 6.27. The minimum atomic E-state index is 0.579. The molecule has 0 radical (unpaired) electrons. The average Bonchev–Trinajstić information content (AvgIpc) is 3.21. The second kappa shape index (κ2) is 10.3. The highest BCUT2D eigenvalue weighted by molar-refractivity contribution is 5.80. The summed E-state index contributed by atoms with van der Waals surface area (Å²) in [6.45, 7) is 5.12. The van der Waals surface area contributed by atoms with Gasteiger partial charge in [0.25, 0.3) is 0 Å². The largest absolute Gasteiger partial charge is 0.382 e. The van der Waals surface area contributed by atoms with E-state index >= 15 is 0 Å². The lowest BCUT2D eigenvalue weighted by Gasteiger charge is -2.21. The molecule has 24 heavy (non-hydrogen) atoms. The van der Waals surface area contributed by atoms with Crippen LogP contribution >= 0.6 is 0 Å². The van der Waals surface area contributed by atoms with Crippen molar-refractivity contribution < 1.29 is 9.47 Å². The lowest BCUT2D eigenvalue weighted by atomic mass is 10.1. The van der Waals surface area contributed by atoms with E-state index in [1.165, 1.54) is 5.56 Å². The summed E-state index contributed by atoms with van der Waals surface area (Å²) in [7, 11) is 5.50. The highest BCUT2D eigenvalue weighted by atomic mass is 16.5. The third-order valence-electron chi connectivity index (χ3n) is 4.27. The molecule has 1 unspecified atom stereocenters. The number of nitrogens with one attached hydrogen (secondary N) is 1. The summed E-state index contributed by atoms with van der Waals surface area (Å²) in [6.07, 6.45) is 7.27. The average molecular weight is 337 g/mol. The maximum Gasteiger partial charge on any atom is 0.193 e. The molecule has 0 aliphatic carbocycles. The predicted molar refractivity (Wildman–Crippen MR) is 95.3 cm³/mol. The van der Waals surface area contributed by atoms with Gasteiger partial charge in [-0.25, -0.2) is 0 Å². The number of aliphatic imine (C=N–C) groups is 1. The third kappa shape index (κ3) is 6.13. The Bertz CT molecular complexity index is 503. The minimum absolute atomic E-state index is 0.579. The highest BCUT2D eigenvalue weighted by Crippen LogP contribution is 2.16. The van der Waals surface area contributed by atoms with E-state index in [0.717, 1.165) is 51.5 Å². The van der Waals surface area contributed by atoms with Crippen LogP contribution in [0.4, 0.5) is 0 Å². The molecule has 0 bridgehead atoms. The fraction of sp³-hybridized carbons (Fsp3) is 0.765. The van der Waals surface area contributed by atoms with Crippen molar-refractivity contribution in [3.8, 4) is 0 Å². The molecule has 1 fully saturated rings. The number of rotatable bonds is 9. The summed E-state index contributed by atoms with van der Waals surface area (Å²) in [5.41, 5.74) is 1.28. The molecule has 2 rings (SSSR count). The van der Waals surface area contributed by atoms with Gasteiger partial charge in [0.15, 0.2) is 5.96 Å². The lowest BCUT2D eigenvalue weighted by Crippen LogP contribution is -2.40. The molecule has 0 amide bonds. The van der Waals surface area contributed by atoms with E-state index in [-0.39, 0.29) is 0 Å². The molecule has 1 N–H and O–H groups in total. The molecule has 2 heterocycles.